The van der Waals surface area contributed by atoms with Gasteiger partial charge in [-0.05, 0) is 23.8 Å². The van der Waals surface area contributed by atoms with E-state index in [1.807, 2.05) is 24.1 Å². The van der Waals surface area contributed by atoms with Gasteiger partial charge in [-0.2, -0.15) is 5.10 Å². The van der Waals surface area contributed by atoms with E-state index in [9.17, 15) is 4.79 Å². The fourth-order valence-corrected chi connectivity index (χ4v) is 4.22. The van der Waals surface area contributed by atoms with E-state index in [0.717, 1.165) is 45.8 Å². The molecule has 4 rings (SSSR count). The first-order chi connectivity index (χ1) is 11.1. The third-order valence-corrected chi connectivity index (χ3v) is 5.66. The summed E-state index contributed by atoms with van der Waals surface area (Å²) in [7, 11) is 1.93. The molecule has 0 unspecified atom stereocenters. The van der Waals surface area contributed by atoms with Crippen LogP contribution in [0.3, 0.4) is 0 Å². The van der Waals surface area contributed by atoms with Crippen LogP contribution in [0, 0.1) is 11.8 Å². The second kappa shape index (κ2) is 5.91. The number of carbonyl (C=O) groups is 1. The minimum Gasteiger partial charge on any atom is -0.379 e. The summed E-state index contributed by atoms with van der Waals surface area (Å²) in [6, 6.07) is 0.499. The van der Waals surface area contributed by atoms with Crippen molar-refractivity contribution in [3.63, 3.8) is 0 Å². The van der Waals surface area contributed by atoms with E-state index < -0.39 is 0 Å². The molecule has 1 saturated carbocycles. The van der Waals surface area contributed by atoms with Crippen molar-refractivity contribution < 1.29 is 9.53 Å². The van der Waals surface area contributed by atoms with E-state index in [0.29, 0.717) is 23.8 Å². The minimum atomic E-state index is 0.176. The van der Waals surface area contributed by atoms with Gasteiger partial charge < -0.3 is 9.64 Å². The number of rotatable bonds is 3. The van der Waals surface area contributed by atoms with Crippen molar-refractivity contribution in [1.29, 1.82) is 0 Å². The lowest BCUT2D eigenvalue weighted by molar-refractivity contribution is -0.131. The van der Waals surface area contributed by atoms with Gasteiger partial charge in [0.05, 0.1) is 19.4 Å². The number of ether oxygens (including phenoxy) is 1. The summed E-state index contributed by atoms with van der Waals surface area (Å²) >= 11 is 0. The van der Waals surface area contributed by atoms with Crippen molar-refractivity contribution in [3.8, 4) is 0 Å². The first kappa shape index (κ1) is 15.1. The van der Waals surface area contributed by atoms with Crippen LogP contribution in [0.15, 0.2) is 12.4 Å². The molecule has 3 aliphatic rings. The van der Waals surface area contributed by atoms with Gasteiger partial charge in [-0.1, -0.05) is 6.92 Å². The molecule has 2 saturated heterocycles. The van der Waals surface area contributed by atoms with E-state index in [-0.39, 0.29) is 5.92 Å². The van der Waals surface area contributed by atoms with Crippen LogP contribution in [0.4, 0.5) is 0 Å². The molecule has 0 radical (unpaired) electrons. The Balaban J connectivity index is 1.36. The Morgan fingerprint density at radius 1 is 1.30 bits per heavy atom. The zero-order valence-corrected chi connectivity index (χ0v) is 14.0. The Bertz CT molecular complexity index is 581. The number of aryl methyl sites for hydroxylation is 1. The summed E-state index contributed by atoms with van der Waals surface area (Å²) in [4.78, 5) is 17.4. The van der Waals surface area contributed by atoms with Gasteiger partial charge in [0.15, 0.2) is 0 Å². The van der Waals surface area contributed by atoms with Crippen LogP contribution in [0.1, 0.15) is 24.8 Å². The molecule has 3 heterocycles. The van der Waals surface area contributed by atoms with Gasteiger partial charge in [0.25, 0.3) is 0 Å². The average molecular weight is 318 g/mol. The topological polar surface area (TPSA) is 50.6 Å². The molecule has 6 heteroatoms. The number of hydrogen-bond donors (Lipinski definition) is 0. The van der Waals surface area contributed by atoms with E-state index in [4.69, 9.17) is 4.74 Å². The van der Waals surface area contributed by atoms with Crippen molar-refractivity contribution in [2.24, 2.45) is 18.9 Å². The molecule has 126 valence electrons. The lowest BCUT2D eigenvalue weighted by Gasteiger charge is -2.34. The zero-order chi connectivity index (χ0) is 16.0. The summed E-state index contributed by atoms with van der Waals surface area (Å²) in [6.45, 7) is 7.70. The van der Waals surface area contributed by atoms with E-state index in [2.05, 4.69) is 21.8 Å². The van der Waals surface area contributed by atoms with Gasteiger partial charge in [-0.15, -0.1) is 0 Å². The Kier molecular flexibility index (Phi) is 3.89. The van der Waals surface area contributed by atoms with Gasteiger partial charge in [-0.3, -0.25) is 14.4 Å². The van der Waals surface area contributed by atoms with Crippen molar-refractivity contribution >= 4 is 5.91 Å². The molecule has 0 aromatic carbocycles. The van der Waals surface area contributed by atoms with E-state index in [1.54, 1.807) is 0 Å². The molecule has 3 fully saturated rings. The Morgan fingerprint density at radius 3 is 2.78 bits per heavy atom. The largest absolute Gasteiger partial charge is 0.379 e. The lowest BCUT2D eigenvalue weighted by Crippen LogP contribution is -2.47. The molecule has 1 aliphatic carbocycles. The fraction of sp³-hybridized carbons (Fsp3) is 0.765. The normalized spacial score (nSPS) is 34.8. The van der Waals surface area contributed by atoms with Crippen molar-refractivity contribution in [1.82, 2.24) is 19.6 Å². The molecular weight excluding hydrogens is 292 g/mol. The number of nitrogens with zero attached hydrogens (tertiary/aromatic N) is 4. The number of aromatic nitrogens is 2. The number of carbonyl (C=O) groups excluding carboxylic acids is 1. The first-order valence-electron chi connectivity index (χ1n) is 8.72. The summed E-state index contributed by atoms with van der Waals surface area (Å²) in [5, 5.41) is 4.23. The molecule has 0 N–H and O–H groups in total. The standard InChI is InChI=1S/C17H26N4O2/c1-12-9-21(11-16(12)20-3-5-23-6-4-20)17(22)15-7-14(15)13-8-18-19(2)10-13/h8,10,12,14-16H,3-7,9,11H2,1-2H3/t12-,14-,15-,16-/m1/s1. The maximum absolute atomic E-state index is 12.8. The number of hydrogen-bond acceptors (Lipinski definition) is 4. The highest BCUT2D eigenvalue weighted by Crippen LogP contribution is 2.48. The summed E-state index contributed by atoms with van der Waals surface area (Å²) in [5.41, 5.74) is 1.21. The molecule has 0 bridgehead atoms. The van der Waals surface area contributed by atoms with E-state index >= 15 is 0 Å². The van der Waals surface area contributed by atoms with Gasteiger partial charge in [-0.25, -0.2) is 0 Å². The van der Waals surface area contributed by atoms with Crippen LogP contribution in [0.5, 0.6) is 0 Å². The second-order valence-corrected chi connectivity index (χ2v) is 7.33. The minimum absolute atomic E-state index is 0.176. The molecule has 0 spiro atoms. The highest BCUT2D eigenvalue weighted by molar-refractivity contribution is 5.83. The predicted molar refractivity (Wildman–Crippen MR) is 86.0 cm³/mol. The SMILES string of the molecule is C[C@@H]1CN(C(=O)[C@@H]2C[C@@H]2c2cnn(C)c2)C[C@H]1N1CCOCC1. The number of morpholine rings is 1. The predicted octanol–water partition coefficient (Wildman–Crippen LogP) is 0.703. The molecular formula is C17H26N4O2. The maximum atomic E-state index is 12.8. The van der Waals surface area contributed by atoms with Crippen LogP contribution >= 0.6 is 0 Å². The third-order valence-electron chi connectivity index (χ3n) is 5.66. The molecule has 4 atom stereocenters. The Morgan fingerprint density at radius 2 is 2.09 bits per heavy atom. The van der Waals surface area contributed by atoms with Crippen molar-refractivity contribution in [2.75, 3.05) is 39.4 Å². The molecule has 6 nitrogen and oxygen atoms in total. The van der Waals surface area contributed by atoms with Crippen LogP contribution in [-0.4, -0.2) is 70.9 Å². The highest BCUT2D eigenvalue weighted by atomic mass is 16.5. The lowest BCUT2D eigenvalue weighted by atomic mass is 10.0. The summed E-state index contributed by atoms with van der Waals surface area (Å²) < 4.78 is 7.27. The number of likely N-dealkylation sites (tertiary alicyclic amines) is 1. The zero-order valence-electron chi connectivity index (χ0n) is 14.0. The summed E-state index contributed by atoms with van der Waals surface area (Å²) in [6.07, 6.45) is 4.93. The van der Waals surface area contributed by atoms with Crippen LogP contribution in [0.2, 0.25) is 0 Å². The second-order valence-electron chi connectivity index (χ2n) is 7.33. The fourth-order valence-electron chi connectivity index (χ4n) is 4.22. The van der Waals surface area contributed by atoms with Crippen LogP contribution < -0.4 is 0 Å². The Hall–Kier alpha value is -1.40. The molecule has 1 aromatic heterocycles. The van der Waals surface area contributed by atoms with Crippen LogP contribution in [0.25, 0.3) is 0 Å². The van der Waals surface area contributed by atoms with Gasteiger partial charge in [0, 0.05) is 51.4 Å². The molecule has 1 aromatic rings. The van der Waals surface area contributed by atoms with Gasteiger partial charge in [0.2, 0.25) is 5.91 Å². The number of amides is 1. The molecule has 23 heavy (non-hydrogen) atoms. The van der Waals surface area contributed by atoms with Gasteiger partial charge >= 0.3 is 0 Å². The smallest absolute Gasteiger partial charge is 0.226 e. The van der Waals surface area contributed by atoms with Crippen molar-refractivity contribution in [2.45, 2.75) is 25.3 Å². The maximum Gasteiger partial charge on any atom is 0.226 e. The van der Waals surface area contributed by atoms with Crippen LogP contribution in [-0.2, 0) is 16.6 Å². The first-order valence-corrected chi connectivity index (χ1v) is 8.72. The van der Waals surface area contributed by atoms with Gasteiger partial charge in [0.1, 0.15) is 0 Å². The molecule has 1 amide bonds. The van der Waals surface area contributed by atoms with E-state index in [1.165, 1.54) is 5.56 Å². The third kappa shape index (κ3) is 2.90. The van der Waals surface area contributed by atoms with Crippen molar-refractivity contribution in [3.05, 3.63) is 18.0 Å². The monoisotopic (exact) mass is 318 g/mol. The summed E-state index contributed by atoms with van der Waals surface area (Å²) in [5.74, 6) is 1.46. The Labute approximate surface area is 137 Å². The quantitative estimate of drug-likeness (QED) is 0.823. The molecule has 2 aliphatic heterocycles. The average Bonchev–Trinajstić information content (AvgIpc) is 3.09. The highest BCUT2D eigenvalue weighted by Gasteiger charge is 2.48.